The van der Waals surface area contributed by atoms with E-state index in [1.165, 1.54) is 24.3 Å². The lowest BCUT2D eigenvalue weighted by atomic mass is 10.1. The first-order valence-corrected chi connectivity index (χ1v) is 8.47. The lowest BCUT2D eigenvalue weighted by Crippen LogP contribution is -2.13. The van der Waals surface area contributed by atoms with Gasteiger partial charge in [-0.3, -0.25) is 4.79 Å². The quantitative estimate of drug-likeness (QED) is 0.477. The molecule has 1 amide bonds. The van der Waals surface area contributed by atoms with Gasteiger partial charge in [-0.25, -0.2) is 4.79 Å². The molecular formula is C21H13ClN2O4. The summed E-state index contributed by atoms with van der Waals surface area (Å²) in [6, 6.07) is 18.1. The molecule has 0 atom stereocenters. The number of hydrogen-bond acceptors (Lipinski definition) is 4. The van der Waals surface area contributed by atoms with Crippen LogP contribution in [-0.2, 0) is 4.79 Å². The molecule has 0 aliphatic heterocycles. The van der Waals surface area contributed by atoms with Gasteiger partial charge < -0.3 is 14.8 Å². The molecule has 3 rings (SSSR count). The number of carboxylic acids is 1. The summed E-state index contributed by atoms with van der Waals surface area (Å²) in [4.78, 5) is 23.3. The lowest BCUT2D eigenvalue weighted by molar-refractivity contribution is -0.112. The minimum Gasteiger partial charge on any atom is -0.478 e. The number of nitriles is 1. The zero-order valence-electron chi connectivity index (χ0n) is 14.3. The van der Waals surface area contributed by atoms with E-state index >= 15 is 0 Å². The molecule has 0 aliphatic carbocycles. The number of anilines is 1. The molecule has 7 heteroatoms. The summed E-state index contributed by atoms with van der Waals surface area (Å²) in [6.45, 7) is 0. The number of benzene rings is 2. The Labute approximate surface area is 165 Å². The number of nitrogens with one attached hydrogen (secondary N) is 1. The summed E-state index contributed by atoms with van der Waals surface area (Å²) in [5, 5.41) is 21.1. The Balaban J connectivity index is 1.83. The van der Waals surface area contributed by atoms with Crippen molar-refractivity contribution >= 4 is 35.2 Å². The maximum Gasteiger partial charge on any atom is 0.335 e. The van der Waals surface area contributed by atoms with Gasteiger partial charge in [0.1, 0.15) is 23.2 Å². The minimum atomic E-state index is -1.08. The molecule has 0 radical (unpaired) electrons. The highest BCUT2D eigenvalue weighted by molar-refractivity contribution is 6.33. The highest BCUT2D eigenvalue weighted by atomic mass is 35.5. The molecule has 0 bridgehead atoms. The summed E-state index contributed by atoms with van der Waals surface area (Å²) in [6.07, 6.45) is 1.32. The molecule has 1 heterocycles. The molecular weight excluding hydrogens is 380 g/mol. The van der Waals surface area contributed by atoms with Crippen LogP contribution in [0.1, 0.15) is 16.1 Å². The van der Waals surface area contributed by atoms with Gasteiger partial charge in [0.2, 0.25) is 0 Å². The first-order chi connectivity index (χ1) is 13.5. The number of furan rings is 1. The Bertz CT molecular complexity index is 1110. The van der Waals surface area contributed by atoms with Gasteiger partial charge in [-0.05, 0) is 42.5 Å². The molecule has 0 fully saturated rings. The molecule has 0 saturated heterocycles. The molecule has 0 unspecified atom stereocenters. The number of carbonyl (C=O) groups excluding carboxylic acids is 1. The molecule has 3 aromatic rings. The Hall–Kier alpha value is -3.82. The lowest BCUT2D eigenvalue weighted by Gasteiger charge is -2.03. The van der Waals surface area contributed by atoms with Crippen LogP contribution in [0.4, 0.5) is 5.69 Å². The smallest absolute Gasteiger partial charge is 0.335 e. The Kier molecular flexibility index (Phi) is 5.58. The highest BCUT2D eigenvalue weighted by Crippen LogP contribution is 2.31. The van der Waals surface area contributed by atoms with E-state index in [1.54, 1.807) is 36.4 Å². The fourth-order valence-corrected chi connectivity index (χ4v) is 2.71. The van der Waals surface area contributed by atoms with Gasteiger partial charge in [-0.2, -0.15) is 5.26 Å². The van der Waals surface area contributed by atoms with Gasteiger partial charge in [0, 0.05) is 17.3 Å². The number of carboxylic acid groups (broad SMARTS) is 1. The highest BCUT2D eigenvalue weighted by Gasteiger charge is 2.14. The van der Waals surface area contributed by atoms with Crippen LogP contribution in [0.15, 0.2) is 70.7 Å². The summed E-state index contributed by atoms with van der Waals surface area (Å²) < 4.78 is 5.64. The largest absolute Gasteiger partial charge is 0.478 e. The number of hydrogen-bond donors (Lipinski definition) is 2. The fourth-order valence-electron chi connectivity index (χ4n) is 2.43. The Morgan fingerprint density at radius 3 is 2.50 bits per heavy atom. The third-order valence-electron chi connectivity index (χ3n) is 3.79. The third-order valence-corrected chi connectivity index (χ3v) is 4.10. The monoisotopic (exact) mass is 392 g/mol. The maximum absolute atomic E-state index is 12.3. The topological polar surface area (TPSA) is 103 Å². The molecule has 2 aromatic carbocycles. The predicted molar refractivity (Wildman–Crippen MR) is 105 cm³/mol. The summed E-state index contributed by atoms with van der Waals surface area (Å²) in [5.41, 5.74) is 1.000. The summed E-state index contributed by atoms with van der Waals surface area (Å²) in [7, 11) is 0. The number of amides is 1. The number of halogens is 1. The molecule has 0 spiro atoms. The van der Waals surface area contributed by atoms with Crippen molar-refractivity contribution in [3.05, 3.63) is 82.6 Å². The van der Waals surface area contributed by atoms with E-state index in [4.69, 9.17) is 21.1 Å². The number of rotatable bonds is 5. The SMILES string of the molecule is N#CC(=Cc1ccc(-c2ccc(C(=O)O)cc2Cl)o1)C(=O)Nc1ccccc1. The Morgan fingerprint density at radius 1 is 1.11 bits per heavy atom. The van der Waals surface area contributed by atoms with Gasteiger partial charge in [0.15, 0.2) is 0 Å². The molecule has 1 aromatic heterocycles. The second kappa shape index (κ2) is 8.25. The van der Waals surface area contributed by atoms with Crippen LogP contribution in [0.3, 0.4) is 0 Å². The van der Waals surface area contributed by atoms with Crippen LogP contribution < -0.4 is 5.32 Å². The molecule has 28 heavy (non-hydrogen) atoms. The average molecular weight is 393 g/mol. The molecule has 0 aliphatic rings. The number of aromatic carboxylic acids is 1. The first-order valence-electron chi connectivity index (χ1n) is 8.09. The first kappa shape index (κ1) is 19.0. The van der Waals surface area contributed by atoms with Crippen LogP contribution >= 0.6 is 11.6 Å². The predicted octanol–water partition coefficient (Wildman–Crippen LogP) is 4.84. The van der Waals surface area contributed by atoms with Gasteiger partial charge in [-0.15, -0.1) is 0 Å². The van der Waals surface area contributed by atoms with Crippen LogP contribution in [0, 0.1) is 11.3 Å². The normalized spacial score (nSPS) is 10.9. The van der Waals surface area contributed by atoms with E-state index in [1.807, 2.05) is 12.1 Å². The van der Waals surface area contributed by atoms with Gasteiger partial charge in [-0.1, -0.05) is 29.8 Å². The molecule has 6 nitrogen and oxygen atoms in total. The second-order valence-corrected chi connectivity index (χ2v) is 6.10. The van der Waals surface area contributed by atoms with Crippen molar-refractivity contribution in [1.82, 2.24) is 0 Å². The van der Waals surface area contributed by atoms with E-state index in [9.17, 15) is 14.9 Å². The van der Waals surface area contributed by atoms with Crippen molar-refractivity contribution in [3.8, 4) is 17.4 Å². The van der Waals surface area contributed by atoms with Crippen molar-refractivity contribution in [2.45, 2.75) is 0 Å². The van der Waals surface area contributed by atoms with Crippen molar-refractivity contribution in [3.63, 3.8) is 0 Å². The second-order valence-electron chi connectivity index (χ2n) is 5.69. The van der Waals surface area contributed by atoms with Crippen LogP contribution in [0.5, 0.6) is 0 Å². The van der Waals surface area contributed by atoms with Gasteiger partial charge in [0.05, 0.1) is 10.6 Å². The van der Waals surface area contributed by atoms with E-state index < -0.39 is 11.9 Å². The third kappa shape index (κ3) is 4.29. The van der Waals surface area contributed by atoms with E-state index in [0.717, 1.165) is 0 Å². The van der Waals surface area contributed by atoms with Crippen molar-refractivity contribution in [2.24, 2.45) is 0 Å². The van der Waals surface area contributed by atoms with Crippen LogP contribution in [0.2, 0.25) is 5.02 Å². The van der Waals surface area contributed by atoms with E-state index in [-0.39, 0.29) is 21.9 Å². The standard InChI is InChI=1S/C21H13ClN2O4/c22-18-11-13(21(26)27)6-8-17(18)19-9-7-16(28-19)10-14(12-23)20(25)24-15-4-2-1-3-5-15/h1-11H,(H,24,25)(H,26,27). The fraction of sp³-hybridized carbons (Fsp3) is 0. The van der Waals surface area contributed by atoms with Crippen LogP contribution in [-0.4, -0.2) is 17.0 Å². The summed E-state index contributed by atoms with van der Waals surface area (Å²) >= 11 is 6.14. The Morgan fingerprint density at radius 2 is 1.86 bits per heavy atom. The zero-order chi connectivity index (χ0) is 20.1. The minimum absolute atomic E-state index is 0.0600. The number of nitrogens with zero attached hydrogens (tertiary/aromatic N) is 1. The number of para-hydroxylation sites is 1. The molecule has 2 N–H and O–H groups in total. The van der Waals surface area contributed by atoms with Crippen LogP contribution in [0.25, 0.3) is 17.4 Å². The van der Waals surface area contributed by atoms with Gasteiger partial charge >= 0.3 is 5.97 Å². The molecule has 0 saturated carbocycles. The van der Waals surface area contributed by atoms with Crippen molar-refractivity contribution in [1.29, 1.82) is 5.26 Å². The maximum atomic E-state index is 12.3. The van der Waals surface area contributed by atoms with E-state index in [2.05, 4.69) is 5.32 Å². The molecule has 138 valence electrons. The summed E-state index contributed by atoms with van der Waals surface area (Å²) in [5.74, 6) is -0.975. The van der Waals surface area contributed by atoms with Gasteiger partial charge in [0.25, 0.3) is 5.91 Å². The average Bonchev–Trinajstić information content (AvgIpc) is 3.15. The van der Waals surface area contributed by atoms with Crippen molar-refractivity contribution in [2.75, 3.05) is 5.32 Å². The van der Waals surface area contributed by atoms with Crippen molar-refractivity contribution < 1.29 is 19.1 Å². The van der Waals surface area contributed by atoms with E-state index in [0.29, 0.717) is 17.0 Å². The number of carbonyl (C=O) groups is 2. The zero-order valence-corrected chi connectivity index (χ0v) is 15.1.